The zero-order valence-corrected chi connectivity index (χ0v) is 15.4. The molecule has 0 unspecified atom stereocenters. The minimum atomic E-state index is -0.0143. The third-order valence-corrected chi connectivity index (χ3v) is 5.92. The Bertz CT molecular complexity index is 806. The van der Waals surface area contributed by atoms with Crippen LogP contribution in [0.15, 0.2) is 29.1 Å². The predicted octanol–water partition coefficient (Wildman–Crippen LogP) is 3.00. The lowest BCUT2D eigenvalue weighted by Crippen LogP contribution is -2.33. The molecule has 1 aliphatic carbocycles. The lowest BCUT2D eigenvalue weighted by Gasteiger charge is -2.21. The lowest BCUT2D eigenvalue weighted by molar-refractivity contribution is -0.131. The minimum Gasteiger partial charge on any atom is -0.340 e. The minimum absolute atomic E-state index is 0.00624. The number of thiazole rings is 1. The summed E-state index contributed by atoms with van der Waals surface area (Å²) in [4.78, 5) is 27.8. The van der Waals surface area contributed by atoms with Gasteiger partial charge in [0.1, 0.15) is 6.54 Å². The van der Waals surface area contributed by atoms with Crippen molar-refractivity contribution in [3.05, 3.63) is 55.6 Å². The predicted molar refractivity (Wildman–Crippen MR) is 97.4 cm³/mol. The van der Waals surface area contributed by atoms with E-state index in [1.54, 1.807) is 16.5 Å². The van der Waals surface area contributed by atoms with Crippen molar-refractivity contribution in [2.75, 3.05) is 7.05 Å². The first-order chi connectivity index (χ1) is 11.5. The normalized spacial score (nSPS) is 16.7. The number of benzene rings is 1. The Morgan fingerprint density at radius 2 is 2.12 bits per heavy atom. The molecule has 0 saturated carbocycles. The standard InChI is InChI=1S/C19H24N2O2S/c1-13-8-9-16-17(10-13)24-19(23)21(16)12-18(22)20(3)11-15-7-5-4-6-14(15)2/h4-7,13H,8-12H2,1-3H3/t13-/m0/s1. The first kappa shape index (κ1) is 17.0. The van der Waals surface area contributed by atoms with Crippen LogP contribution in [0.25, 0.3) is 0 Å². The van der Waals surface area contributed by atoms with Crippen LogP contribution < -0.4 is 4.87 Å². The summed E-state index contributed by atoms with van der Waals surface area (Å²) in [7, 11) is 1.81. The third-order valence-electron chi connectivity index (χ3n) is 4.87. The number of hydrogen-bond acceptors (Lipinski definition) is 3. The number of rotatable bonds is 4. The number of hydrogen-bond donors (Lipinski definition) is 0. The van der Waals surface area contributed by atoms with Gasteiger partial charge in [-0.25, -0.2) is 0 Å². The number of carbonyl (C=O) groups is 1. The molecular weight excluding hydrogens is 320 g/mol. The molecule has 0 spiro atoms. The Hall–Kier alpha value is -1.88. The molecule has 4 nitrogen and oxygen atoms in total. The maximum atomic E-state index is 12.6. The molecule has 0 saturated heterocycles. The van der Waals surface area contributed by atoms with Gasteiger partial charge in [0.25, 0.3) is 0 Å². The van der Waals surface area contributed by atoms with Crippen LogP contribution in [0.1, 0.15) is 35.0 Å². The van der Waals surface area contributed by atoms with Crippen molar-refractivity contribution >= 4 is 17.2 Å². The summed E-state index contributed by atoms with van der Waals surface area (Å²) < 4.78 is 1.70. The molecule has 1 amide bonds. The van der Waals surface area contributed by atoms with Gasteiger partial charge in [0, 0.05) is 24.2 Å². The highest BCUT2D eigenvalue weighted by Crippen LogP contribution is 2.27. The molecule has 1 aromatic carbocycles. The molecule has 1 atom stereocenters. The summed E-state index contributed by atoms with van der Waals surface area (Å²) in [5.74, 6) is 0.614. The van der Waals surface area contributed by atoms with Crippen LogP contribution >= 0.6 is 11.3 Å². The van der Waals surface area contributed by atoms with E-state index in [9.17, 15) is 9.59 Å². The molecule has 0 fully saturated rings. The monoisotopic (exact) mass is 344 g/mol. The molecule has 24 heavy (non-hydrogen) atoms. The van der Waals surface area contributed by atoms with Crippen LogP contribution in [0.3, 0.4) is 0 Å². The molecule has 1 aliphatic rings. The van der Waals surface area contributed by atoms with Crippen LogP contribution in [0.5, 0.6) is 0 Å². The Morgan fingerprint density at radius 1 is 1.38 bits per heavy atom. The Kier molecular flexibility index (Phi) is 4.90. The van der Waals surface area contributed by atoms with Gasteiger partial charge in [-0.2, -0.15) is 0 Å². The number of nitrogens with zero attached hydrogens (tertiary/aromatic N) is 2. The van der Waals surface area contributed by atoms with Crippen molar-refractivity contribution < 1.29 is 4.79 Å². The Morgan fingerprint density at radius 3 is 2.88 bits per heavy atom. The fourth-order valence-corrected chi connectivity index (χ4v) is 4.46. The van der Waals surface area contributed by atoms with Gasteiger partial charge < -0.3 is 4.90 Å². The van der Waals surface area contributed by atoms with Crippen molar-refractivity contribution in [1.29, 1.82) is 0 Å². The molecule has 128 valence electrons. The van der Waals surface area contributed by atoms with E-state index in [1.807, 2.05) is 18.2 Å². The third kappa shape index (κ3) is 3.46. The maximum absolute atomic E-state index is 12.6. The average Bonchev–Trinajstić information content (AvgIpc) is 2.84. The molecule has 0 N–H and O–H groups in total. The zero-order chi connectivity index (χ0) is 17.3. The molecule has 5 heteroatoms. The van der Waals surface area contributed by atoms with E-state index in [1.165, 1.54) is 21.8 Å². The molecule has 3 rings (SSSR count). The van der Waals surface area contributed by atoms with E-state index in [-0.39, 0.29) is 17.3 Å². The highest BCUT2D eigenvalue weighted by molar-refractivity contribution is 7.09. The summed E-state index contributed by atoms with van der Waals surface area (Å²) in [5.41, 5.74) is 3.40. The van der Waals surface area contributed by atoms with Gasteiger partial charge in [-0.15, -0.1) is 0 Å². The van der Waals surface area contributed by atoms with E-state index < -0.39 is 0 Å². The van der Waals surface area contributed by atoms with Crippen LogP contribution in [-0.2, 0) is 30.7 Å². The van der Waals surface area contributed by atoms with Gasteiger partial charge in [0.15, 0.2) is 0 Å². The fourth-order valence-electron chi connectivity index (χ4n) is 3.26. The van der Waals surface area contributed by atoms with Crippen LogP contribution in [0.2, 0.25) is 0 Å². The smallest absolute Gasteiger partial charge is 0.308 e. The largest absolute Gasteiger partial charge is 0.340 e. The van der Waals surface area contributed by atoms with E-state index in [0.717, 1.165) is 30.5 Å². The number of amides is 1. The number of aryl methyl sites for hydroxylation is 1. The summed E-state index contributed by atoms with van der Waals surface area (Å²) in [5, 5.41) is 0. The molecule has 0 aliphatic heterocycles. The van der Waals surface area contributed by atoms with Crippen molar-refractivity contribution in [2.24, 2.45) is 5.92 Å². The molecule has 0 radical (unpaired) electrons. The van der Waals surface area contributed by atoms with Crippen LogP contribution in [-0.4, -0.2) is 22.4 Å². The zero-order valence-electron chi connectivity index (χ0n) is 14.5. The van der Waals surface area contributed by atoms with Gasteiger partial charge in [-0.3, -0.25) is 14.2 Å². The Balaban J connectivity index is 1.73. The lowest BCUT2D eigenvalue weighted by atomic mass is 9.93. The van der Waals surface area contributed by atoms with E-state index in [4.69, 9.17) is 0 Å². The number of fused-ring (bicyclic) bond motifs is 1. The number of likely N-dealkylation sites (N-methyl/N-ethyl adjacent to an activating group) is 1. The highest BCUT2D eigenvalue weighted by atomic mass is 32.1. The van der Waals surface area contributed by atoms with Crippen molar-refractivity contribution in [3.63, 3.8) is 0 Å². The second-order valence-electron chi connectivity index (χ2n) is 6.85. The first-order valence-electron chi connectivity index (χ1n) is 8.45. The molecular formula is C19H24N2O2S. The van der Waals surface area contributed by atoms with Crippen LogP contribution in [0, 0.1) is 12.8 Å². The topological polar surface area (TPSA) is 42.3 Å². The van der Waals surface area contributed by atoms with Gasteiger partial charge in [0.2, 0.25) is 5.91 Å². The summed E-state index contributed by atoms with van der Waals surface area (Å²) >= 11 is 1.32. The van der Waals surface area contributed by atoms with Crippen molar-refractivity contribution in [1.82, 2.24) is 9.47 Å². The second kappa shape index (κ2) is 6.93. The van der Waals surface area contributed by atoms with Gasteiger partial charge in [-0.05, 0) is 43.2 Å². The maximum Gasteiger partial charge on any atom is 0.308 e. The number of aromatic nitrogens is 1. The first-order valence-corrected chi connectivity index (χ1v) is 9.27. The molecule has 0 bridgehead atoms. The quantitative estimate of drug-likeness (QED) is 0.856. The second-order valence-corrected chi connectivity index (χ2v) is 7.89. The average molecular weight is 344 g/mol. The van der Waals surface area contributed by atoms with Crippen molar-refractivity contribution in [3.8, 4) is 0 Å². The van der Waals surface area contributed by atoms with E-state index in [0.29, 0.717) is 12.5 Å². The summed E-state index contributed by atoms with van der Waals surface area (Å²) in [6.07, 6.45) is 2.97. The molecule has 2 aromatic rings. The van der Waals surface area contributed by atoms with E-state index in [2.05, 4.69) is 19.9 Å². The van der Waals surface area contributed by atoms with Crippen LogP contribution in [0.4, 0.5) is 0 Å². The van der Waals surface area contributed by atoms with E-state index >= 15 is 0 Å². The summed E-state index contributed by atoms with van der Waals surface area (Å²) in [6, 6.07) is 8.08. The fraction of sp³-hybridized carbons (Fsp3) is 0.474. The SMILES string of the molecule is Cc1ccccc1CN(C)C(=O)Cn1c2c(sc1=O)C[C@@H](C)CC2. The molecule has 1 heterocycles. The number of carbonyl (C=O) groups excluding carboxylic acids is 1. The van der Waals surface area contributed by atoms with Crippen molar-refractivity contribution in [2.45, 2.75) is 46.2 Å². The van der Waals surface area contributed by atoms with Gasteiger partial charge >= 0.3 is 4.87 Å². The molecule has 1 aromatic heterocycles. The van der Waals surface area contributed by atoms with Gasteiger partial charge in [-0.1, -0.05) is 42.5 Å². The summed E-state index contributed by atoms with van der Waals surface area (Å²) in [6.45, 7) is 5.00. The van der Waals surface area contributed by atoms with Gasteiger partial charge in [0.05, 0.1) is 0 Å². The highest BCUT2D eigenvalue weighted by Gasteiger charge is 2.23. The Labute approximate surface area is 146 Å².